The van der Waals surface area contributed by atoms with Gasteiger partial charge in [0.05, 0.1) is 18.9 Å². The Morgan fingerprint density at radius 2 is 1.68 bits per heavy atom. The van der Waals surface area contributed by atoms with Crippen LogP contribution in [0.5, 0.6) is 0 Å². The minimum Gasteiger partial charge on any atom is -0.475 e. The number of hydrogen-bond acceptors (Lipinski definition) is 6. The smallest absolute Gasteiger partial charge is 0.475 e. The van der Waals surface area contributed by atoms with Gasteiger partial charge in [-0.25, -0.2) is 13.2 Å². The van der Waals surface area contributed by atoms with E-state index >= 15 is 0 Å². The van der Waals surface area contributed by atoms with Crippen LogP contribution in [0.4, 0.5) is 13.2 Å². The van der Waals surface area contributed by atoms with E-state index in [0.29, 0.717) is 9.09 Å². The van der Waals surface area contributed by atoms with Crippen LogP contribution in [0.2, 0.25) is 10.0 Å². The third-order valence-electron chi connectivity index (χ3n) is 2.80. The van der Waals surface area contributed by atoms with E-state index in [0.717, 1.165) is 0 Å². The molecule has 0 amide bonds. The Morgan fingerprint density at radius 3 is 2.04 bits per heavy atom. The topological polar surface area (TPSA) is 121 Å². The Labute approximate surface area is 175 Å². The molecule has 0 aliphatic heterocycles. The first-order valence-electron chi connectivity index (χ1n) is 6.73. The number of hydrogen-bond donors (Lipinski definition) is 3. The van der Waals surface area contributed by atoms with Crippen LogP contribution in [-0.2, 0) is 14.6 Å². The third kappa shape index (κ3) is 6.27. The third-order valence-corrected chi connectivity index (χ3v) is 7.55. The Bertz CT molecular complexity index is 987. The summed E-state index contributed by atoms with van der Waals surface area (Å²) in [4.78, 5) is 9.44. The minimum atomic E-state index is -5.08. The molecular formula is C14H11Cl2F3N2O4S3. The van der Waals surface area contributed by atoms with E-state index in [1.54, 1.807) is 6.26 Å². The van der Waals surface area contributed by atoms with Crippen molar-refractivity contribution in [2.24, 2.45) is 5.73 Å². The first-order chi connectivity index (χ1) is 12.7. The quantitative estimate of drug-likeness (QED) is 0.326. The summed E-state index contributed by atoms with van der Waals surface area (Å²) in [7, 11) is -3.77. The fourth-order valence-electron chi connectivity index (χ4n) is 1.63. The first kappa shape index (κ1) is 24.6. The fourth-order valence-corrected chi connectivity index (χ4v) is 6.21. The lowest BCUT2D eigenvalue weighted by Gasteiger charge is -2.05. The molecule has 2 aromatic rings. The van der Waals surface area contributed by atoms with Gasteiger partial charge in [-0.15, -0.1) is 23.1 Å². The number of carbonyl (C=O) groups is 1. The number of rotatable bonds is 4. The van der Waals surface area contributed by atoms with Gasteiger partial charge in [-0.2, -0.15) is 13.2 Å². The van der Waals surface area contributed by atoms with Crippen LogP contribution in [0.3, 0.4) is 0 Å². The zero-order chi connectivity index (χ0) is 21.9. The highest BCUT2D eigenvalue weighted by Crippen LogP contribution is 2.37. The second-order valence-corrected chi connectivity index (χ2v) is 9.71. The molecule has 4 N–H and O–H groups in total. The molecule has 0 fully saturated rings. The van der Waals surface area contributed by atoms with Crippen LogP contribution < -0.4 is 5.73 Å². The molecular weight excluding hydrogens is 484 g/mol. The van der Waals surface area contributed by atoms with Crippen molar-refractivity contribution in [2.75, 3.05) is 6.26 Å². The standard InChI is InChI=1S/C12H10Cl2N2O2S3.C2HF3O2/c1-19-12-10(5-9(20-12)11(15)16)21(17,18)8-3-6(13)2-7(14)4-8;3-2(4,5)1(6)7/h2-5H,1H3,(H3,15,16);(H,6,7). The van der Waals surface area contributed by atoms with Gasteiger partial charge in [0.2, 0.25) is 9.84 Å². The molecule has 14 heteroatoms. The van der Waals surface area contributed by atoms with E-state index in [1.807, 2.05) is 0 Å². The van der Waals surface area contributed by atoms with E-state index in [1.165, 1.54) is 47.4 Å². The maximum absolute atomic E-state index is 12.7. The Kier molecular flexibility index (Phi) is 8.21. The second kappa shape index (κ2) is 9.35. The Morgan fingerprint density at radius 1 is 1.21 bits per heavy atom. The van der Waals surface area contributed by atoms with Crippen molar-refractivity contribution in [2.45, 2.75) is 20.2 Å². The molecule has 0 spiro atoms. The van der Waals surface area contributed by atoms with Crippen LogP contribution in [-0.4, -0.2) is 37.8 Å². The number of carboxylic acid groups (broad SMARTS) is 1. The van der Waals surface area contributed by atoms with Crippen LogP contribution in [0.1, 0.15) is 4.88 Å². The summed E-state index contributed by atoms with van der Waals surface area (Å²) >= 11 is 14.2. The van der Waals surface area contributed by atoms with E-state index in [2.05, 4.69) is 0 Å². The van der Waals surface area contributed by atoms with Crippen LogP contribution >= 0.6 is 46.3 Å². The fraction of sp³-hybridized carbons (Fsp3) is 0.143. The molecule has 1 heterocycles. The summed E-state index contributed by atoms with van der Waals surface area (Å²) in [5.41, 5.74) is 5.43. The lowest BCUT2D eigenvalue weighted by Crippen LogP contribution is -2.21. The molecule has 2 rings (SSSR count). The number of thiophene rings is 1. The van der Waals surface area contributed by atoms with Crippen molar-refractivity contribution in [1.29, 1.82) is 5.41 Å². The normalized spacial score (nSPS) is 11.5. The number of alkyl halides is 3. The molecule has 0 unspecified atom stereocenters. The molecule has 1 aromatic carbocycles. The summed E-state index contributed by atoms with van der Waals surface area (Å²) < 4.78 is 57.7. The molecule has 0 atom stereocenters. The van der Waals surface area contributed by atoms with Crippen LogP contribution in [0, 0.1) is 5.41 Å². The number of nitrogens with one attached hydrogen (secondary N) is 1. The van der Waals surface area contributed by atoms with Gasteiger partial charge in [-0.3, -0.25) is 5.41 Å². The van der Waals surface area contributed by atoms with Crippen molar-refractivity contribution in [3.8, 4) is 0 Å². The molecule has 28 heavy (non-hydrogen) atoms. The van der Waals surface area contributed by atoms with E-state index < -0.39 is 22.0 Å². The lowest BCUT2D eigenvalue weighted by molar-refractivity contribution is -0.192. The highest BCUT2D eigenvalue weighted by atomic mass is 35.5. The zero-order valence-corrected chi connectivity index (χ0v) is 17.6. The minimum absolute atomic E-state index is 0.0169. The van der Waals surface area contributed by atoms with Gasteiger partial charge >= 0.3 is 12.1 Å². The molecule has 0 aliphatic carbocycles. The van der Waals surface area contributed by atoms with Gasteiger partial charge in [0.1, 0.15) is 5.84 Å². The van der Waals surface area contributed by atoms with Gasteiger partial charge in [0.25, 0.3) is 0 Å². The number of carboxylic acids is 1. The largest absolute Gasteiger partial charge is 0.490 e. The summed E-state index contributed by atoms with van der Waals surface area (Å²) in [6.45, 7) is 0. The monoisotopic (exact) mass is 494 g/mol. The van der Waals surface area contributed by atoms with Gasteiger partial charge < -0.3 is 10.8 Å². The van der Waals surface area contributed by atoms with Crippen LogP contribution in [0.15, 0.2) is 38.3 Å². The number of thioether (sulfide) groups is 1. The number of nitrogens with two attached hydrogens (primary N) is 1. The van der Waals surface area contributed by atoms with Crippen molar-refractivity contribution in [1.82, 2.24) is 0 Å². The Balaban J connectivity index is 0.000000480. The van der Waals surface area contributed by atoms with Crippen molar-refractivity contribution >= 4 is 67.9 Å². The van der Waals surface area contributed by atoms with Gasteiger partial charge in [-0.1, -0.05) is 23.2 Å². The zero-order valence-electron chi connectivity index (χ0n) is 13.7. The molecule has 0 aliphatic rings. The number of amidine groups is 1. The summed E-state index contributed by atoms with van der Waals surface area (Å²) in [6, 6.07) is 5.56. The summed E-state index contributed by atoms with van der Waals surface area (Å²) in [5, 5.41) is 15.1. The van der Waals surface area contributed by atoms with E-state index in [9.17, 15) is 21.6 Å². The van der Waals surface area contributed by atoms with Gasteiger partial charge in [-0.05, 0) is 30.5 Å². The molecule has 6 nitrogen and oxygen atoms in total. The highest BCUT2D eigenvalue weighted by molar-refractivity contribution is 8.01. The number of aliphatic carboxylic acids is 1. The number of halogens is 5. The van der Waals surface area contributed by atoms with E-state index in [-0.39, 0.29) is 25.7 Å². The highest BCUT2D eigenvalue weighted by Gasteiger charge is 2.38. The average molecular weight is 495 g/mol. The Hall–Kier alpha value is -1.47. The number of benzene rings is 1. The van der Waals surface area contributed by atoms with Crippen molar-refractivity contribution in [3.63, 3.8) is 0 Å². The average Bonchev–Trinajstić information content (AvgIpc) is 2.99. The second-order valence-electron chi connectivity index (χ2n) is 4.79. The predicted molar refractivity (Wildman–Crippen MR) is 103 cm³/mol. The molecule has 0 bridgehead atoms. The molecule has 0 saturated carbocycles. The van der Waals surface area contributed by atoms with Crippen molar-refractivity contribution in [3.05, 3.63) is 39.2 Å². The SMILES string of the molecule is CSc1sc(C(=N)N)cc1S(=O)(=O)c1cc(Cl)cc(Cl)c1.O=C(O)C(F)(F)F. The van der Waals surface area contributed by atoms with Gasteiger partial charge in [0.15, 0.2) is 0 Å². The van der Waals surface area contributed by atoms with Gasteiger partial charge in [0, 0.05) is 10.0 Å². The van der Waals surface area contributed by atoms with Crippen molar-refractivity contribution < 1.29 is 31.5 Å². The summed E-state index contributed by atoms with van der Waals surface area (Å²) in [5.74, 6) is -2.92. The first-order valence-corrected chi connectivity index (χ1v) is 11.0. The molecule has 0 radical (unpaired) electrons. The molecule has 0 saturated heterocycles. The van der Waals surface area contributed by atoms with Crippen LogP contribution in [0.25, 0.3) is 0 Å². The molecule has 1 aromatic heterocycles. The van der Waals surface area contributed by atoms with E-state index in [4.69, 9.17) is 44.2 Å². The maximum atomic E-state index is 12.7. The lowest BCUT2D eigenvalue weighted by atomic mass is 10.4. The summed E-state index contributed by atoms with van der Waals surface area (Å²) in [6.07, 6.45) is -3.32. The maximum Gasteiger partial charge on any atom is 0.490 e. The predicted octanol–water partition coefficient (Wildman–Crippen LogP) is 4.53. The number of nitrogen functional groups attached to an aromatic ring is 1. The number of sulfone groups is 1. The molecule has 154 valence electrons.